The van der Waals surface area contributed by atoms with Crippen LogP contribution in [0.4, 0.5) is 0 Å². The molecule has 0 aliphatic carbocycles. The number of carbonyl (C=O) groups is 1. The van der Waals surface area contributed by atoms with Gasteiger partial charge in [0, 0.05) is 12.6 Å². The van der Waals surface area contributed by atoms with Crippen molar-refractivity contribution in [2.45, 2.75) is 31.7 Å². The van der Waals surface area contributed by atoms with Gasteiger partial charge in [-0.05, 0) is 43.9 Å². The quantitative estimate of drug-likeness (QED) is 0.919. The molecular formula is C21H26N2O. The van der Waals surface area contributed by atoms with Crippen molar-refractivity contribution in [2.75, 3.05) is 13.1 Å². The van der Waals surface area contributed by atoms with E-state index in [-0.39, 0.29) is 11.8 Å². The highest BCUT2D eigenvalue weighted by Crippen LogP contribution is 2.43. The average molecular weight is 322 g/mol. The third-order valence-electron chi connectivity index (χ3n) is 5.41. The Kier molecular flexibility index (Phi) is 4.72. The summed E-state index contributed by atoms with van der Waals surface area (Å²) >= 11 is 0. The summed E-state index contributed by atoms with van der Waals surface area (Å²) in [5.74, 6) is -0.0716. The van der Waals surface area contributed by atoms with Crippen LogP contribution < -0.4 is 5.73 Å². The molecule has 1 heterocycles. The second kappa shape index (κ2) is 6.78. The van der Waals surface area contributed by atoms with Crippen molar-refractivity contribution in [3.63, 3.8) is 0 Å². The maximum Gasteiger partial charge on any atom is 0.232 e. The Hall–Kier alpha value is -2.13. The maximum absolute atomic E-state index is 12.9. The summed E-state index contributed by atoms with van der Waals surface area (Å²) in [5.41, 5.74) is 7.31. The fourth-order valence-electron chi connectivity index (χ4n) is 4.14. The second-order valence-corrected chi connectivity index (χ2v) is 6.98. The number of rotatable bonds is 5. The van der Waals surface area contributed by atoms with Gasteiger partial charge >= 0.3 is 0 Å². The van der Waals surface area contributed by atoms with Gasteiger partial charge in [-0.3, -0.25) is 4.79 Å². The van der Waals surface area contributed by atoms with E-state index in [0.717, 1.165) is 30.6 Å². The zero-order chi connectivity index (χ0) is 17.2. The molecule has 3 nitrogen and oxygen atoms in total. The third kappa shape index (κ3) is 2.73. The molecule has 1 unspecified atom stereocenters. The topological polar surface area (TPSA) is 46.3 Å². The van der Waals surface area contributed by atoms with Crippen molar-refractivity contribution in [2.24, 2.45) is 11.7 Å². The smallest absolute Gasteiger partial charge is 0.232 e. The first-order chi connectivity index (χ1) is 11.6. The van der Waals surface area contributed by atoms with E-state index in [1.165, 1.54) is 0 Å². The Labute approximate surface area is 144 Å². The number of nitrogens with two attached hydrogens (primary N) is 1. The molecule has 0 saturated carbocycles. The van der Waals surface area contributed by atoms with E-state index in [0.29, 0.717) is 6.04 Å². The first-order valence-corrected chi connectivity index (χ1v) is 8.71. The van der Waals surface area contributed by atoms with Crippen molar-refractivity contribution < 1.29 is 4.79 Å². The molecule has 2 N–H and O–H groups in total. The molecule has 24 heavy (non-hydrogen) atoms. The van der Waals surface area contributed by atoms with Crippen LogP contribution in [-0.4, -0.2) is 29.9 Å². The van der Waals surface area contributed by atoms with E-state index in [1.54, 1.807) is 0 Å². The average Bonchev–Trinajstić information content (AvgIpc) is 3.08. The first-order valence-electron chi connectivity index (χ1n) is 8.71. The highest BCUT2D eigenvalue weighted by atomic mass is 16.1. The highest BCUT2D eigenvalue weighted by molar-refractivity contribution is 5.91. The highest BCUT2D eigenvalue weighted by Gasteiger charge is 2.49. The molecule has 0 spiro atoms. The lowest BCUT2D eigenvalue weighted by Gasteiger charge is -2.38. The molecule has 1 amide bonds. The number of nitrogens with zero attached hydrogens (tertiary/aromatic N) is 1. The van der Waals surface area contributed by atoms with Crippen LogP contribution in [0.3, 0.4) is 0 Å². The van der Waals surface area contributed by atoms with Gasteiger partial charge in [0.15, 0.2) is 0 Å². The predicted octanol–water partition coefficient (Wildman–Crippen LogP) is 3.19. The molecule has 126 valence electrons. The normalized spacial score (nSPS) is 18.9. The molecule has 3 heteroatoms. The van der Waals surface area contributed by atoms with Crippen LogP contribution in [0.5, 0.6) is 0 Å². The molecule has 1 fully saturated rings. The predicted molar refractivity (Wildman–Crippen MR) is 97.7 cm³/mol. The Bertz CT molecular complexity index is 642. The summed E-state index contributed by atoms with van der Waals surface area (Å²) in [6.07, 6.45) is 0.977. The van der Waals surface area contributed by atoms with Crippen LogP contribution in [0.25, 0.3) is 0 Å². The van der Waals surface area contributed by atoms with E-state index in [4.69, 9.17) is 5.73 Å². The van der Waals surface area contributed by atoms with Crippen molar-refractivity contribution in [1.82, 2.24) is 4.90 Å². The van der Waals surface area contributed by atoms with Gasteiger partial charge in [0.05, 0.1) is 0 Å². The first kappa shape index (κ1) is 16.7. The zero-order valence-electron chi connectivity index (χ0n) is 14.5. The Morgan fingerprint density at radius 3 is 1.92 bits per heavy atom. The summed E-state index contributed by atoms with van der Waals surface area (Å²) in [4.78, 5) is 15.3. The van der Waals surface area contributed by atoms with Crippen LogP contribution in [0, 0.1) is 5.92 Å². The van der Waals surface area contributed by atoms with Crippen molar-refractivity contribution in [1.29, 1.82) is 0 Å². The molecule has 3 rings (SSSR count). The number of benzene rings is 2. The summed E-state index contributed by atoms with van der Waals surface area (Å²) in [6.45, 7) is 6.32. The monoisotopic (exact) mass is 322 g/mol. The fraction of sp³-hybridized carbons (Fsp3) is 0.381. The molecule has 2 aromatic carbocycles. The van der Waals surface area contributed by atoms with Gasteiger partial charge in [0.25, 0.3) is 0 Å². The summed E-state index contributed by atoms with van der Waals surface area (Å²) in [5, 5.41) is 0. The van der Waals surface area contributed by atoms with Gasteiger partial charge in [-0.15, -0.1) is 0 Å². The minimum atomic E-state index is -0.772. The number of hydrogen-bond acceptors (Lipinski definition) is 2. The zero-order valence-corrected chi connectivity index (χ0v) is 14.5. The largest absolute Gasteiger partial charge is 0.369 e. The molecular weight excluding hydrogens is 296 g/mol. The summed E-state index contributed by atoms with van der Waals surface area (Å²) in [7, 11) is 0. The molecule has 0 bridgehead atoms. The second-order valence-electron chi connectivity index (χ2n) is 6.98. The lowest BCUT2D eigenvalue weighted by atomic mass is 9.64. The van der Waals surface area contributed by atoms with Crippen LogP contribution >= 0.6 is 0 Å². The number of hydrogen-bond donors (Lipinski definition) is 1. The lowest BCUT2D eigenvalue weighted by molar-refractivity contribution is -0.123. The number of primary amides is 1. The number of carbonyl (C=O) groups excluding carboxylic acids is 1. The number of likely N-dealkylation sites (tertiary alicyclic amines) is 1. The molecule has 1 atom stereocenters. The van der Waals surface area contributed by atoms with Gasteiger partial charge in [0.2, 0.25) is 5.91 Å². The molecule has 1 aliphatic heterocycles. The van der Waals surface area contributed by atoms with Crippen LogP contribution in [0.15, 0.2) is 60.7 Å². The van der Waals surface area contributed by atoms with Gasteiger partial charge in [0.1, 0.15) is 5.41 Å². The molecule has 0 aromatic heterocycles. The van der Waals surface area contributed by atoms with Gasteiger partial charge in [-0.25, -0.2) is 0 Å². The molecule has 1 aliphatic rings. The maximum atomic E-state index is 12.9. The van der Waals surface area contributed by atoms with E-state index in [1.807, 2.05) is 60.7 Å². The fourth-order valence-corrected chi connectivity index (χ4v) is 4.14. The van der Waals surface area contributed by atoms with Crippen molar-refractivity contribution in [3.05, 3.63) is 71.8 Å². The SMILES string of the molecule is CC(C)N1CCC(C(C(N)=O)(c2ccccc2)c2ccccc2)C1. The van der Waals surface area contributed by atoms with Gasteiger partial charge < -0.3 is 10.6 Å². The van der Waals surface area contributed by atoms with Crippen LogP contribution in [0.2, 0.25) is 0 Å². The minimum absolute atomic E-state index is 0.183. The van der Waals surface area contributed by atoms with Crippen molar-refractivity contribution >= 4 is 5.91 Å². The molecule has 1 saturated heterocycles. The Morgan fingerprint density at radius 2 is 1.54 bits per heavy atom. The van der Waals surface area contributed by atoms with Crippen LogP contribution in [0.1, 0.15) is 31.4 Å². The van der Waals surface area contributed by atoms with Gasteiger partial charge in [-0.1, -0.05) is 60.7 Å². The van der Waals surface area contributed by atoms with Crippen LogP contribution in [-0.2, 0) is 10.2 Å². The Morgan fingerprint density at radius 1 is 1.04 bits per heavy atom. The molecule has 2 aromatic rings. The van der Waals surface area contributed by atoms with E-state index < -0.39 is 5.41 Å². The van der Waals surface area contributed by atoms with Gasteiger partial charge in [-0.2, -0.15) is 0 Å². The number of amides is 1. The van der Waals surface area contributed by atoms with E-state index >= 15 is 0 Å². The molecule has 0 radical (unpaired) electrons. The summed E-state index contributed by atoms with van der Waals surface area (Å²) in [6, 6.07) is 20.6. The standard InChI is InChI=1S/C21H26N2O/c1-16(2)23-14-13-19(15-23)21(20(22)24,17-9-5-3-6-10-17)18-11-7-4-8-12-18/h3-12,16,19H,13-15H2,1-2H3,(H2,22,24). The van der Waals surface area contributed by atoms with Crippen molar-refractivity contribution in [3.8, 4) is 0 Å². The van der Waals surface area contributed by atoms with E-state index in [9.17, 15) is 4.79 Å². The lowest BCUT2D eigenvalue weighted by Crippen LogP contribution is -2.49. The summed E-state index contributed by atoms with van der Waals surface area (Å²) < 4.78 is 0. The Balaban J connectivity index is 2.15. The van der Waals surface area contributed by atoms with E-state index in [2.05, 4.69) is 18.7 Å². The minimum Gasteiger partial charge on any atom is -0.369 e. The third-order valence-corrected chi connectivity index (χ3v) is 5.41.